The molecule has 0 amide bonds. The summed E-state index contributed by atoms with van der Waals surface area (Å²) in [6.45, 7) is 6.40. The van der Waals surface area contributed by atoms with Gasteiger partial charge in [-0.1, -0.05) is 13.3 Å². The van der Waals surface area contributed by atoms with Crippen molar-refractivity contribution >= 4 is 10.2 Å². The highest BCUT2D eigenvalue weighted by Gasteiger charge is 2.34. The monoisotopic (exact) mass is 317 g/mol. The average molecular weight is 317 g/mol. The normalized spacial score (nSPS) is 26.2. The molecule has 0 aromatic rings. The van der Waals surface area contributed by atoms with Crippen LogP contribution in [-0.2, 0) is 10.2 Å². The summed E-state index contributed by atoms with van der Waals surface area (Å²) in [4.78, 5) is 0. The molecular weight excluding hydrogens is 286 g/mol. The molecule has 1 saturated carbocycles. The maximum atomic E-state index is 12.7. The SMILES string of the molecule is CCCC(C)N(C)S(=O)(=O)N1CCCC(CNC2CC2)C1. The molecule has 0 aromatic heterocycles. The molecule has 0 aromatic carbocycles. The van der Waals surface area contributed by atoms with Gasteiger partial charge in [-0.05, 0) is 51.5 Å². The summed E-state index contributed by atoms with van der Waals surface area (Å²) >= 11 is 0. The molecule has 1 heterocycles. The van der Waals surface area contributed by atoms with Crippen LogP contribution >= 0.6 is 0 Å². The smallest absolute Gasteiger partial charge is 0.281 e. The van der Waals surface area contributed by atoms with Gasteiger partial charge in [-0.15, -0.1) is 0 Å². The molecule has 2 rings (SSSR count). The molecule has 1 N–H and O–H groups in total. The van der Waals surface area contributed by atoms with Crippen molar-refractivity contribution in [3.05, 3.63) is 0 Å². The average Bonchev–Trinajstić information content (AvgIpc) is 3.29. The van der Waals surface area contributed by atoms with E-state index in [0.29, 0.717) is 25.0 Å². The highest BCUT2D eigenvalue weighted by Crippen LogP contribution is 2.24. The van der Waals surface area contributed by atoms with Crippen molar-refractivity contribution in [2.75, 3.05) is 26.7 Å². The fourth-order valence-corrected chi connectivity index (χ4v) is 4.72. The molecule has 0 radical (unpaired) electrons. The van der Waals surface area contributed by atoms with Gasteiger partial charge in [-0.3, -0.25) is 0 Å². The Labute approximate surface area is 130 Å². The molecule has 124 valence electrons. The van der Waals surface area contributed by atoms with Gasteiger partial charge in [-0.2, -0.15) is 17.0 Å². The second-order valence-electron chi connectivity index (χ2n) is 6.71. The summed E-state index contributed by atoms with van der Waals surface area (Å²) in [6.07, 6.45) is 6.61. The molecule has 5 nitrogen and oxygen atoms in total. The number of piperidine rings is 1. The quantitative estimate of drug-likeness (QED) is 0.743. The number of hydrogen-bond donors (Lipinski definition) is 1. The molecule has 6 heteroatoms. The van der Waals surface area contributed by atoms with E-state index in [9.17, 15) is 8.42 Å². The van der Waals surface area contributed by atoms with Crippen molar-refractivity contribution in [1.82, 2.24) is 13.9 Å². The Morgan fingerprint density at radius 1 is 1.33 bits per heavy atom. The second kappa shape index (κ2) is 7.40. The summed E-state index contributed by atoms with van der Waals surface area (Å²) in [5.41, 5.74) is 0. The van der Waals surface area contributed by atoms with Crippen LogP contribution in [0.4, 0.5) is 0 Å². The third kappa shape index (κ3) is 4.65. The predicted molar refractivity (Wildman–Crippen MR) is 86.4 cm³/mol. The van der Waals surface area contributed by atoms with Crippen molar-refractivity contribution < 1.29 is 8.42 Å². The van der Waals surface area contributed by atoms with Crippen LogP contribution in [0.25, 0.3) is 0 Å². The fourth-order valence-electron chi connectivity index (χ4n) is 3.03. The van der Waals surface area contributed by atoms with Gasteiger partial charge in [0.05, 0.1) is 0 Å². The minimum Gasteiger partial charge on any atom is -0.314 e. The number of rotatable bonds is 8. The molecule has 2 unspecified atom stereocenters. The van der Waals surface area contributed by atoms with Crippen molar-refractivity contribution in [2.45, 2.75) is 64.5 Å². The van der Waals surface area contributed by atoms with E-state index in [-0.39, 0.29) is 6.04 Å². The molecule has 0 bridgehead atoms. The van der Waals surface area contributed by atoms with Crippen LogP contribution in [0.15, 0.2) is 0 Å². The van der Waals surface area contributed by atoms with Gasteiger partial charge in [0.2, 0.25) is 0 Å². The first-order valence-electron chi connectivity index (χ1n) is 8.41. The van der Waals surface area contributed by atoms with E-state index in [4.69, 9.17) is 0 Å². The molecule has 1 aliphatic heterocycles. The minimum atomic E-state index is -3.30. The molecule has 2 fully saturated rings. The van der Waals surface area contributed by atoms with E-state index in [1.807, 2.05) is 6.92 Å². The van der Waals surface area contributed by atoms with E-state index >= 15 is 0 Å². The Kier molecular flexibility index (Phi) is 6.05. The van der Waals surface area contributed by atoms with Crippen LogP contribution < -0.4 is 5.32 Å². The lowest BCUT2D eigenvalue weighted by Crippen LogP contribution is -2.50. The zero-order valence-corrected chi connectivity index (χ0v) is 14.5. The van der Waals surface area contributed by atoms with Gasteiger partial charge in [0.25, 0.3) is 10.2 Å². The van der Waals surface area contributed by atoms with E-state index < -0.39 is 10.2 Å². The van der Waals surface area contributed by atoms with Gasteiger partial charge < -0.3 is 5.32 Å². The first kappa shape index (κ1) is 17.2. The molecule has 1 aliphatic carbocycles. The molecule has 1 saturated heterocycles. The number of hydrogen-bond acceptors (Lipinski definition) is 3. The van der Waals surface area contributed by atoms with E-state index in [0.717, 1.165) is 32.2 Å². The standard InChI is InChI=1S/C15H31N3O2S/c1-4-6-13(2)17(3)21(19,20)18-10-5-7-14(12-18)11-16-15-8-9-15/h13-16H,4-12H2,1-3H3. The Hall–Kier alpha value is -0.170. The van der Waals surface area contributed by atoms with Crippen LogP contribution in [0.1, 0.15) is 52.4 Å². The van der Waals surface area contributed by atoms with Crippen molar-refractivity contribution in [3.63, 3.8) is 0 Å². The topological polar surface area (TPSA) is 52.7 Å². The second-order valence-corrected chi connectivity index (χ2v) is 8.70. The van der Waals surface area contributed by atoms with Gasteiger partial charge in [0.15, 0.2) is 0 Å². The summed E-state index contributed by atoms with van der Waals surface area (Å²) in [5.74, 6) is 0.462. The zero-order chi connectivity index (χ0) is 15.5. The number of nitrogens with zero attached hydrogens (tertiary/aromatic N) is 2. The fraction of sp³-hybridized carbons (Fsp3) is 1.00. The van der Waals surface area contributed by atoms with Crippen molar-refractivity contribution in [2.24, 2.45) is 5.92 Å². The predicted octanol–water partition coefficient (Wildman–Crippen LogP) is 1.82. The highest BCUT2D eigenvalue weighted by molar-refractivity contribution is 7.86. The van der Waals surface area contributed by atoms with Crippen LogP contribution in [0.3, 0.4) is 0 Å². The molecule has 21 heavy (non-hydrogen) atoms. The van der Waals surface area contributed by atoms with Gasteiger partial charge in [0, 0.05) is 32.2 Å². The Balaban J connectivity index is 1.91. The van der Waals surface area contributed by atoms with Gasteiger partial charge in [-0.25, -0.2) is 0 Å². The van der Waals surface area contributed by atoms with Crippen LogP contribution in [0.2, 0.25) is 0 Å². The first-order valence-corrected chi connectivity index (χ1v) is 9.81. The van der Waals surface area contributed by atoms with Crippen LogP contribution in [-0.4, -0.2) is 55.8 Å². The molecule has 2 atom stereocenters. The molecule has 0 spiro atoms. The molecular formula is C15H31N3O2S. The largest absolute Gasteiger partial charge is 0.314 e. The Morgan fingerprint density at radius 2 is 2.05 bits per heavy atom. The maximum Gasteiger partial charge on any atom is 0.281 e. The van der Waals surface area contributed by atoms with E-state index in [1.54, 1.807) is 15.7 Å². The maximum absolute atomic E-state index is 12.7. The van der Waals surface area contributed by atoms with Crippen LogP contribution in [0.5, 0.6) is 0 Å². The Morgan fingerprint density at radius 3 is 2.67 bits per heavy atom. The lowest BCUT2D eigenvalue weighted by Gasteiger charge is -2.36. The Bertz CT molecular complexity index is 423. The first-order chi connectivity index (χ1) is 9.95. The van der Waals surface area contributed by atoms with Gasteiger partial charge in [0.1, 0.15) is 0 Å². The van der Waals surface area contributed by atoms with Crippen LogP contribution in [0, 0.1) is 5.92 Å². The lowest BCUT2D eigenvalue weighted by molar-refractivity contribution is 0.237. The summed E-state index contributed by atoms with van der Waals surface area (Å²) < 4.78 is 28.7. The summed E-state index contributed by atoms with van der Waals surface area (Å²) in [6, 6.07) is 0.772. The van der Waals surface area contributed by atoms with Crippen molar-refractivity contribution in [3.8, 4) is 0 Å². The summed E-state index contributed by atoms with van der Waals surface area (Å²) in [5, 5.41) is 3.54. The molecule has 2 aliphatic rings. The third-order valence-electron chi connectivity index (χ3n) is 4.77. The summed E-state index contributed by atoms with van der Waals surface area (Å²) in [7, 11) is -1.58. The van der Waals surface area contributed by atoms with E-state index in [2.05, 4.69) is 12.2 Å². The lowest BCUT2D eigenvalue weighted by atomic mass is 10.00. The highest BCUT2D eigenvalue weighted by atomic mass is 32.2. The number of nitrogens with one attached hydrogen (secondary N) is 1. The minimum absolute atomic E-state index is 0.0740. The zero-order valence-electron chi connectivity index (χ0n) is 13.7. The third-order valence-corrected chi connectivity index (χ3v) is 6.84. The van der Waals surface area contributed by atoms with E-state index in [1.165, 1.54) is 12.8 Å². The van der Waals surface area contributed by atoms with Crippen molar-refractivity contribution in [1.29, 1.82) is 0 Å². The van der Waals surface area contributed by atoms with Gasteiger partial charge >= 0.3 is 0 Å².